The van der Waals surface area contributed by atoms with Crippen molar-refractivity contribution in [2.24, 2.45) is 0 Å². The first-order chi connectivity index (χ1) is 7.66. The van der Waals surface area contributed by atoms with Crippen molar-refractivity contribution in [3.8, 4) is 6.07 Å². The summed E-state index contributed by atoms with van der Waals surface area (Å²) in [5.41, 5.74) is 1.50. The van der Waals surface area contributed by atoms with Gasteiger partial charge in [-0.15, -0.1) is 0 Å². The highest BCUT2D eigenvalue weighted by molar-refractivity contribution is 5.85. The van der Waals surface area contributed by atoms with Crippen LogP contribution in [0, 0.1) is 11.3 Å². The third kappa shape index (κ3) is 1.96. The van der Waals surface area contributed by atoms with Crippen LogP contribution in [0.5, 0.6) is 0 Å². The Morgan fingerprint density at radius 3 is 2.81 bits per heavy atom. The molecule has 0 aromatic heterocycles. The molecule has 1 aromatic carbocycles. The van der Waals surface area contributed by atoms with Gasteiger partial charge in [0.25, 0.3) is 0 Å². The quantitative estimate of drug-likeness (QED) is 0.784. The van der Waals surface area contributed by atoms with Crippen LogP contribution in [0.4, 0.5) is 0 Å². The Balaban J connectivity index is 2.28. The van der Waals surface area contributed by atoms with Crippen molar-refractivity contribution < 1.29 is 9.90 Å². The lowest BCUT2D eigenvalue weighted by atomic mass is 9.96. The molecule has 0 unspecified atom stereocenters. The number of carboxylic acids is 1. The average molecular weight is 213 g/mol. The van der Waals surface area contributed by atoms with Crippen molar-refractivity contribution in [2.45, 2.75) is 18.3 Å². The Morgan fingerprint density at radius 2 is 2.25 bits per heavy atom. The molecule has 0 bridgehead atoms. The molecule has 80 valence electrons. The van der Waals surface area contributed by atoms with E-state index < -0.39 is 5.97 Å². The summed E-state index contributed by atoms with van der Waals surface area (Å²) in [7, 11) is 0. The highest BCUT2D eigenvalue weighted by atomic mass is 16.4. The SMILES string of the molecule is N#CC1(c2cccc(C=CC(=O)O)c2)CC1. The number of hydrogen-bond acceptors (Lipinski definition) is 2. The Kier molecular flexibility index (Phi) is 2.49. The maximum Gasteiger partial charge on any atom is 0.328 e. The maximum absolute atomic E-state index is 10.4. The third-order valence-corrected chi connectivity index (χ3v) is 2.82. The van der Waals surface area contributed by atoms with Crippen LogP contribution in [0.3, 0.4) is 0 Å². The van der Waals surface area contributed by atoms with Gasteiger partial charge in [0.1, 0.15) is 0 Å². The van der Waals surface area contributed by atoms with Gasteiger partial charge in [0.2, 0.25) is 0 Å². The summed E-state index contributed by atoms with van der Waals surface area (Å²) in [5, 5.41) is 17.6. The third-order valence-electron chi connectivity index (χ3n) is 2.82. The van der Waals surface area contributed by atoms with E-state index in [-0.39, 0.29) is 5.41 Å². The zero-order chi connectivity index (χ0) is 11.6. The fraction of sp³-hybridized carbons (Fsp3) is 0.231. The van der Waals surface area contributed by atoms with Gasteiger partial charge in [-0.1, -0.05) is 24.3 Å². The second-order valence-electron chi connectivity index (χ2n) is 3.99. The number of rotatable bonds is 3. The molecular weight excluding hydrogens is 202 g/mol. The minimum atomic E-state index is -0.966. The minimum absolute atomic E-state index is 0.312. The number of carbonyl (C=O) groups is 1. The molecule has 0 amide bonds. The Morgan fingerprint density at radius 1 is 1.50 bits per heavy atom. The predicted molar refractivity (Wildman–Crippen MR) is 59.6 cm³/mol. The molecule has 0 atom stereocenters. The van der Waals surface area contributed by atoms with Crippen molar-refractivity contribution in [1.29, 1.82) is 5.26 Å². The highest BCUT2D eigenvalue weighted by Gasteiger charge is 2.44. The summed E-state index contributed by atoms with van der Waals surface area (Å²) in [6.45, 7) is 0. The molecule has 1 aliphatic carbocycles. The number of nitrogens with zero attached hydrogens (tertiary/aromatic N) is 1. The minimum Gasteiger partial charge on any atom is -0.478 e. The first-order valence-electron chi connectivity index (χ1n) is 5.09. The van der Waals surface area contributed by atoms with Gasteiger partial charge in [0.15, 0.2) is 0 Å². The molecule has 1 aromatic rings. The van der Waals surface area contributed by atoms with E-state index in [0.717, 1.165) is 30.0 Å². The molecule has 0 radical (unpaired) electrons. The van der Waals surface area contributed by atoms with Gasteiger partial charge in [-0.2, -0.15) is 5.26 Å². The van der Waals surface area contributed by atoms with Crippen LogP contribution in [0.2, 0.25) is 0 Å². The summed E-state index contributed by atoms with van der Waals surface area (Å²) in [4.78, 5) is 10.4. The summed E-state index contributed by atoms with van der Waals surface area (Å²) in [6, 6.07) is 9.82. The van der Waals surface area contributed by atoms with Gasteiger partial charge in [0, 0.05) is 6.08 Å². The zero-order valence-corrected chi connectivity index (χ0v) is 8.68. The molecular formula is C13H11NO2. The van der Waals surface area contributed by atoms with E-state index in [1.165, 1.54) is 0 Å². The van der Waals surface area contributed by atoms with E-state index in [4.69, 9.17) is 10.4 Å². The first-order valence-corrected chi connectivity index (χ1v) is 5.09. The second-order valence-corrected chi connectivity index (χ2v) is 3.99. The van der Waals surface area contributed by atoms with Gasteiger partial charge >= 0.3 is 5.97 Å². The summed E-state index contributed by atoms with van der Waals surface area (Å²) in [6.07, 6.45) is 4.44. The molecule has 0 aliphatic heterocycles. The lowest BCUT2D eigenvalue weighted by molar-refractivity contribution is -0.131. The maximum atomic E-state index is 10.4. The standard InChI is InChI=1S/C13H11NO2/c14-9-13(6-7-13)11-3-1-2-10(8-11)4-5-12(15)16/h1-5,8H,6-7H2,(H,15,16). The summed E-state index contributed by atoms with van der Waals surface area (Å²) >= 11 is 0. The molecule has 0 heterocycles. The fourth-order valence-electron chi connectivity index (χ4n) is 1.70. The highest BCUT2D eigenvalue weighted by Crippen LogP contribution is 2.47. The van der Waals surface area contributed by atoms with Crippen LogP contribution in [0.25, 0.3) is 6.08 Å². The van der Waals surface area contributed by atoms with Crippen LogP contribution in [-0.4, -0.2) is 11.1 Å². The monoisotopic (exact) mass is 213 g/mol. The Labute approximate surface area is 93.6 Å². The van der Waals surface area contributed by atoms with E-state index in [1.54, 1.807) is 6.08 Å². The molecule has 1 aliphatic rings. The number of carboxylic acid groups (broad SMARTS) is 1. The van der Waals surface area contributed by atoms with Crippen molar-refractivity contribution in [1.82, 2.24) is 0 Å². The fourth-order valence-corrected chi connectivity index (χ4v) is 1.70. The van der Waals surface area contributed by atoms with E-state index in [1.807, 2.05) is 24.3 Å². The van der Waals surface area contributed by atoms with Gasteiger partial charge in [-0.3, -0.25) is 0 Å². The lowest BCUT2D eigenvalue weighted by Gasteiger charge is -2.06. The number of nitriles is 1. The average Bonchev–Trinajstić information content (AvgIpc) is 3.08. The van der Waals surface area contributed by atoms with Crippen molar-refractivity contribution in [3.63, 3.8) is 0 Å². The smallest absolute Gasteiger partial charge is 0.328 e. The van der Waals surface area contributed by atoms with Crippen LogP contribution < -0.4 is 0 Å². The van der Waals surface area contributed by atoms with E-state index >= 15 is 0 Å². The number of aliphatic carboxylic acids is 1. The van der Waals surface area contributed by atoms with Gasteiger partial charge in [-0.05, 0) is 30.0 Å². The predicted octanol–water partition coefficient (Wildman–Crippen LogP) is 2.34. The van der Waals surface area contributed by atoms with Crippen LogP contribution in [0.1, 0.15) is 24.0 Å². The number of benzene rings is 1. The molecule has 0 spiro atoms. The Bertz CT molecular complexity index is 493. The van der Waals surface area contributed by atoms with Crippen LogP contribution in [0.15, 0.2) is 30.3 Å². The first kappa shape index (κ1) is 10.4. The van der Waals surface area contributed by atoms with Crippen molar-refractivity contribution in [3.05, 3.63) is 41.5 Å². The van der Waals surface area contributed by atoms with Crippen molar-refractivity contribution >= 4 is 12.0 Å². The second kappa shape index (κ2) is 3.82. The van der Waals surface area contributed by atoms with E-state index in [0.29, 0.717) is 0 Å². The molecule has 0 saturated heterocycles. The molecule has 1 N–H and O–H groups in total. The lowest BCUT2D eigenvalue weighted by Crippen LogP contribution is -2.02. The van der Waals surface area contributed by atoms with Gasteiger partial charge in [0.05, 0.1) is 11.5 Å². The van der Waals surface area contributed by atoms with Gasteiger partial charge < -0.3 is 5.11 Å². The van der Waals surface area contributed by atoms with E-state index in [9.17, 15) is 4.79 Å². The molecule has 2 rings (SSSR count). The molecule has 16 heavy (non-hydrogen) atoms. The largest absolute Gasteiger partial charge is 0.478 e. The summed E-state index contributed by atoms with van der Waals surface area (Å²) < 4.78 is 0. The molecule has 1 fully saturated rings. The molecule has 3 heteroatoms. The van der Waals surface area contributed by atoms with Crippen LogP contribution >= 0.6 is 0 Å². The van der Waals surface area contributed by atoms with E-state index in [2.05, 4.69) is 6.07 Å². The Hall–Kier alpha value is -2.08. The topological polar surface area (TPSA) is 61.1 Å². The van der Waals surface area contributed by atoms with Crippen LogP contribution in [-0.2, 0) is 10.2 Å². The normalized spacial score (nSPS) is 16.9. The number of hydrogen-bond donors (Lipinski definition) is 1. The van der Waals surface area contributed by atoms with Gasteiger partial charge in [-0.25, -0.2) is 4.79 Å². The molecule has 3 nitrogen and oxygen atoms in total. The van der Waals surface area contributed by atoms with Crippen molar-refractivity contribution in [2.75, 3.05) is 0 Å². The summed E-state index contributed by atoms with van der Waals surface area (Å²) in [5.74, 6) is -0.966. The molecule has 1 saturated carbocycles. The zero-order valence-electron chi connectivity index (χ0n) is 8.68.